The second kappa shape index (κ2) is 5.66. The van der Waals surface area contributed by atoms with Crippen LogP contribution in [0.25, 0.3) is 11.3 Å². The Morgan fingerprint density at radius 3 is 2.70 bits per heavy atom. The molecule has 0 aliphatic carbocycles. The van der Waals surface area contributed by atoms with Crippen molar-refractivity contribution in [1.29, 1.82) is 0 Å². The highest BCUT2D eigenvalue weighted by atomic mass is 79.9. The highest BCUT2D eigenvalue weighted by Gasteiger charge is 2.22. The fourth-order valence-electron chi connectivity index (χ4n) is 2.06. The molecule has 0 saturated carbocycles. The van der Waals surface area contributed by atoms with E-state index in [1.54, 1.807) is 14.2 Å². The molecule has 20 heavy (non-hydrogen) atoms. The van der Waals surface area contributed by atoms with Gasteiger partial charge < -0.3 is 9.84 Å². The molecule has 1 aromatic carbocycles. The van der Waals surface area contributed by atoms with E-state index in [4.69, 9.17) is 4.74 Å². The van der Waals surface area contributed by atoms with Crippen molar-refractivity contribution in [3.63, 3.8) is 0 Å². The quantitative estimate of drug-likeness (QED) is 0.930. The van der Waals surface area contributed by atoms with Gasteiger partial charge in [-0.15, -0.1) is 0 Å². The molecule has 0 spiro atoms. The molecule has 0 aliphatic rings. The zero-order chi connectivity index (χ0) is 14.9. The number of hydrogen-bond donors (Lipinski definition) is 1. The fraction of sp³-hybridized carbons (Fsp3) is 0.286. The molecule has 5 nitrogen and oxygen atoms in total. The lowest BCUT2D eigenvalue weighted by Gasteiger charge is -2.08. The molecule has 0 radical (unpaired) electrons. The van der Waals surface area contributed by atoms with Crippen LogP contribution in [0.2, 0.25) is 0 Å². The van der Waals surface area contributed by atoms with E-state index in [9.17, 15) is 9.90 Å². The van der Waals surface area contributed by atoms with E-state index in [-0.39, 0.29) is 5.69 Å². The van der Waals surface area contributed by atoms with Crippen LogP contribution in [0.15, 0.2) is 22.7 Å². The highest BCUT2D eigenvalue weighted by molar-refractivity contribution is 9.10. The molecule has 1 N–H and O–H groups in total. The van der Waals surface area contributed by atoms with Gasteiger partial charge in [0.25, 0.3) is 0 Å². The molecule has 0 aliphatic heterocycles. The third-order valence-electron chi connectivity index (χ3n) is 3.12. The summed E-state index contributed by atoms with van der Waals surface area (Å²) in [6.07, 6.45) is 0.882. The molecule has 0 fully saturated rings. The lowest BCUT2D eigenvalue weighted by Crippen LogP contribution is -2.05. The number of nitrogens with zero attached hydrogens (tertiary/aromatic N) is 2. The molecule has 106 valence electrons. The Morgan fingerprint density at radius 2 is 2.20 bits per heavy atom. The number of methoxy groups -OCH3 is 1. The average molecular weight is 339 g/mol. The van der Waals surface area contributed by atoms with Crippen LogP contribution in [-0.4, -0.2) is 28.0 Å². The van der Waals surface area contributed by atoms with Crippen molar-refractivity contribution in [3.05, 3.63) is 33.9 Å². The number of aromatic carboxylic acids is 1. The predicted molar refractivity (Wildman–Crippen MR) is 79.2 cm³/mol. The summed E-state index contributed by atoms with van der Waals surface area (Å²) in [6, 6.07) is 5.82. The number of carboxylic acid groups (broad SMARTS) is 1. The van der Waals surface area contributed by atoms with Gasteiger partial charge in [0.1, 0.15) is 11.4 Å². The number of aromatic nitrogens is 2. The van der Waals surface area contributed by atoms with Gasteiger partial charge in [-0.1, -0.05) is 13.0 Å². The minimum Gasteiger partial charge on any atom is -0.496 e. The van der Waals surface area contributed by atoms with Gasteiger partial charge in [-0.3, -0.25) is 4.68 Å². The van der Waals surface area contributed by atoms with Gasteiger partial charge in [0.15, 0.2) is 5.69 Å². The Labute approximate surface area is 125 Å². The third kappa shape index (κ3) is 2.43. The standard InChI is InChI=1S/C14H15BrN2O3/c1-4-8-5-6-10(20-3)9(7-8)12-11(15)13(14(18)19)17(2)16-12/h5-7H,4H2,1-3H3,(H,18,19). The number of carboxylic acids is 1. The van der Waals surface area contributed by atoms with Crippen LogP contribution in [0, 0.1) is 0 Å². The van der Waals surface area contributed by atoms with E-state index in [1.165, 1.54) is 4.68 Å². The van der Waals surface area contributed by atoms with Crippen LogP contribution in [0.5, 0.6) is 5.75 Å². The highest BCUT2D eigenvalue weighted by Crippen LogP contribution is 2.36. The van der Waals surface area contributed by atoms with Crippen LogP contribution in [-0.2, 0) is 13.5 Å². The van der Waals surface area contributed by atoms with E-state index in [0.29, 0.717) is 15.9 Å². The van der Waals surface area contributed by atoms with Gasteiger partial charge in [-0.05, 0) is 40.0 Å². The van der Waals surface area contributed by atoms with Crippen molar-refractivity contribution < 1.29 is 14.6 Å². The van der Waals surface area contributed by atoms with Crippen molar-refractivity contribution in [3.8, 4) is 17.0 Å². The normalized spacial score (nSPS) is 10.6. The summed E-state index contributed by atoms with van der Waals surface area (Å²) in [5.74, 6) is -0.360. The number of ether oxygens (including phenoxy) is 1. The van der Waals surface area contributed by atoms with E-state index >= 15 is 0 Å². The number of rotatable bonds is 4. The number of hydrogen-bond acceptors (Lipinski definition) is 3. The van der Waals surface area contributed by atoms with Gasteiger partial charge in [-0.25, -0.2) is 4.79 Å². The molecular weight excluding hydrogens is 324 g/mol. The minimum atomic E-state index is -1.02. The Kier molecular flexibility index (Phi) is 4.13. The van der Waals surface area contributed by atoms with E-state index in [1.807, 2.05) is 18.2 Å². The predicted octanol–water partition coefficient (Wildman–Crippen LogP) is 3.12. The van der Waals surface area contributed by atoms with Gasteiger partial charge in [0, 0.05) is 12.6 Å². The van der Waals surface area contributed by atoms with Gasteiger partial charge in [-0.2, -0.15) is 5.10 Å². The maximum atomic E-state index is 11.2. The van der Waals surface area contributed by atoms with Crippen molar-refractivity contribution >= 4 is 21.9 Å². The second-order valence-electron chi connectivity index (χ2n) is 4.33. The molecule has 2 rings (SSSR count). The summed E-state index contributed by atoms with van der Waals surface area (Å²) in [4.78, 5) is 11.2. The number of benzene rings is 1. The fourth-order valence-corrected chi connectivity index (χ4v) is 2.78. The lowest BCUT2D eigenvalue weighted by molar-refractivity contribution is 0.0684. The Bertz CT molecular complexity index is 665. The van der Waals surface area contributed by atoms with Crippen LogP contribution in [0.1, 0.15) is 23.0 Å². The maximum Gasteiger partial charge on any atom is 0.355 e. The first-order valence-corrected chi connectivity index (χ1v) is 6.92. The van der Waals surface area contributed by atoms with E-state index < -0.39 is 5.97 Å². The number of carbonyl (C=O) groups is 1. The monoisotopic (exact) mass is 338 g/mol. The van der Waals surface area contributed by atoms with Gasteiger partial charge in [0.2, 0.25) is 0 Å². The van der Waals surface area contributed by atoms with E-state index in [2.05, 4.69) is 28.0 Å². The summed E-state index contributed by atoms with van der Waals surface area (Å²) >= 11 is 3.33. The molecule has 1 heterocycles. The molecule has 6 heteroatoms. The average Bonchev–Trinajstić information content (AvgIpc) is 2.73. The molecular formula is C14H15BrN2O3. The minimum absolute atomic E-state index is 0.115. The maximum absolute atomic E-state index is 11.2. The van der Waals surface area contributed by atoms with Crippen LogP contribution < -0.4 is 4.74 Å². The van der Waals surface area contributed by atoms with Crippen molar-refractivity contribution in [1.82, 2.24) is 9.78 Å². The van der Waals surface area contributed by atoms with Crippen LogP contribution in [0.4, 0.5) is 0 Å². The Morgan fingerprint density at radius 1 is 1.50 bits per heavy atom. The van der Waals surface area contributed by atoms with Crippen molar-refractivity contribution in [2.45, 2.75) is 13.3 Å². The lowest BCUT2D eigenvalue weighted by atomic mass is 10.0. The molecule has 0 amide bonds. The van der Waals surface area contributed by atoms with Crippen molar-refractivity contribution in [2.24, 2.45) is 7.05 Å². The van der Waals surface area contributed by atoms with Crippen LogP contribution >= 0.6 is 15.9 Å². The number of halogens is 1. The molecule has 0 saturated heterocycles. The molecule has 2 aromatic rings. The summed E-state index contributed by atoms with van der Waals surface area (Å²) in [7, 11) is 3.19. The Hall–Kier alpha value is -1.82. The smallest absolute Gasteiger partial charge is 0.355 e. The first kappa shape index (κ1) is 14.6. The SMILES string of the molecule is CCc1ccc(OC)c(-c2nn(C)c(C(=O)O)c2Br)c1. The zero-order valence-corrected chi connectivity index (χ0v) is 13.1. The summed E-state index contributed by atoms with van der Waals surface area (Å²) in [5.41, 5.74) is 2.60. The van der Waals surface area contributed by atoms with Crippen molar-refractivity contribution in [2.75, 3.05) is 7.11 Å². The summed E-state index contributed by atoms with van der Waals surface area (Å²) in [6.45, 7) is 2.06. The van der Waals surface area contributed by atoms with Gasteiger partial charge >= 0.3 is 5.97 Å². The van der Waals surface area contributed by atoms with Crippen LogP contribution in [0.3, 0.4) is 0 Å². The van der Waals surface area contributed by atoms with E-state index in [0.717, 1.165) is 17.5 Å². The molecule has 0 atom stereocenters. The topological polar surface area (TPSA) is 64.4 Å². The summed E-state index contributed by atoms with van der Waals surface area (Å²) in [5, 5.41) is 13.5. The first-order valence-electron chi connectivity index (χ1n) is 6.12. The molecule has 0 bridgehead atoms. The van der Waals surface area contributed by atoms with Gasteiger partial charge in [0.05, 0.1) is 11.6 Å². The second-order valence-corrected chi connectivity index (χ2v) is 5.12. The Balaban J connectivity index is 2.68. The number of aryl methyl sites for hydroxylation is 2. The largest absolute Gasteiger partial charge is 0.496 e. The molecule has 1 aromatic heterocycles. The zero-order valence-electron chi connectivity index (χ0n) is 11.5. The first-order chi connectivity index (χ1) is 9.49. The molecule has 0 unspecified atom stereocenters. The third-order valence-corrected chi connectivity index (χ3v) is 3.87. The summed E-state index contributed by atoms with van der Waals surface area (Å²) < 4.78 is 7.15.